The van der Waals surface area contributed by atoms with Gasteiger partial charge in [-0.3, -0.25) is 9.59 Å². The number of carbonyl (C=O) groups is 2. The number of benzene rings is 2. The van der Waals surface area contributed by atoms with Crippen molar-refractivity contribution < 1.29 is 117 Å². The van der Waals surface area contributed by atoms with E-state index >= 15 is 0 Å². The maximum atomic E-state index is 14.3. The molecule has 0 aromatic heterocycles. The summed E-state index contributed by atoms with van der Waals surface area (Å²) in [5, 5.41) is 16.5. The Morgan fingerprint density at radius 1 is 1.05 bits per heavy atom. The number of amidine groups is 1. The zero-order valence-electron chi connectivity index (χ0n) is 24.5. The van der Waals surface area contributed by atoms with Crippen LogP contribution in [0.5, 0.6) is 0 Å². The number of sulfonamides is 1. The minimum atomic E-state index is -4.30. The van der Waals surface area contributed by atoms with Crippen LogP contribution in [0.4, 0.5) is 10.1 Å². The van der Waals surface area contributed by atoms with Crippen molar-refractivity contribution in [2.75, 3.05) is 5.32 Å². The van der Waals surface area contributed by atoms with Crippen LogP contribution in [-0.4, -0.2) is 26.6 Å². The average Bonchev–Trinajstić information content (AvgIpc) is 2.87. The molecule has 0 saturated heterocycles. The molecular formula is C28H31FN3Na3O5S. The second kappa shape index (κ2) is 16.2. The average molecular weight is 610 g/mol. The Morgan fingerprint density at radius 3 is 2.27 bits per heavy atom. The third kappa shape index (κ3) is 8.09. The van der Waals surface area contributed by atoms with Crippen LogP contribution in [0.15, 0.2) is 51.3 Å². The number of ketones is 1. The zero-order chi connectivity index (χ0) is 27.7. The van der Waals surface area contributed by atoms with Crippen LogP contribution < -0.4 is 105 Å². The summed E-state index contributed by atoms with van der Waals surface area (Å²) in [7, 11) is -4.30. The fraction of sp³-hybridized carbons (Fsp3) is 0.393. The van der Waals surface area contributed by atoms with Crippen molar-refractivity contribution in [3.05, 3.63) is 64.5 Å². The largest absolute Gasteiger partial charge is 1.00 e. The van der Waals surface area contributed by atoms with Crippen molar-refractivity contribution in [1.29, 1.82) is 0 Å². The fourth-order valence-corrected chi connectivity index (χ4v) is 6.42. The molecular weight excluding hydrogens is 578 g/mol. The molecule has 0 spiro atoms. The molecule has 2 aliphatic rings. The minimum Gasteiger partial charge on any atom is -0.871 e. The normalized spacial score (nSPS) is 16.9. The number of unbranched alkanes of at least 4 members (excludes halogenated alkanes) is 2. The van der Waals surface area contributed by atoms with Gasteiger partial charge in [-0.2, -0.15) is 0 Å². The molecule has 2 aromatic rings. The van der Waals surface area contributed by atoms with Crippen molar-refractivity contribution in [3.8, 4) is 0 Å². The number of hydrogen-bond donors (Lipinski definition) is 2. The Labute approximate surface area is 308 Å². The number of aryl methyl sites for hydroxylation is 1. The Hall–Kier alpha value is -0.210. The molecule has 13 heteroatoms. The number of rotatable bonds is 10. The summed E-state index contributed by atoms with van der Waals surface area (Å²) < 4.78 is 44.6. The number of fused-ring (bicyclic) bond motifs is 2. The van der Waals surface area contributed by atoms with Gasteiger partial charge in [0.15, 0.2) is 11.6 Å². The monoisotopic (exact) mass is 609 g/mol. The van der Waals surface area contributed by atoms with E-state index < -0.39 is 39.5 Å². The summed E-state index contributed by atoms with van der Waals surface area (Å²) in [4.78, 5) is 25.2. The Bertz CT molecular complexity index is 1350. The molecule has 1 aliphatic carbocycles. The molecule has 2 aromatic carbocycles. The van der Waals surface area contributed by atoms with Crippen molar-refractivity contribution in [2.45, 2.75) is 75.5 Å². The molecule has 1 heterocycles. The third-order valence-corrected chi connectivity index (χ3v) is 8.55. The van der Waals surface area contributed by atoms with Crippen molar-refractivity contribution in [1.82, 2.24) is 0 Å². The second-order valence-corrected chi connectivity index (χ2v) is 11.4. The van der Waals surface area contributed by atoms with E-state index in [0.29, 0.717) is 36.8 Å². The maximum Gasteiger partial charge on any atom is 1.00 e. The quantitative estimate of drug-likeness (QED) is 0.259. The molecule has 3 N–H and O–H groups in total. The number of primary amides is 1. The van der Waals surface area contributed by atoms with Crippen molar-refractivity contribution in [2.24, 2.45) is 10.1 Å². The number of halogens is 1. The first-order valence-electron chi connectivity index (χ1n) is 12.8. The minimum absolute atomic E-state index is 0. The molecule has 4 rings (SSSR count). The number of carbonyl (C=O) groups excluding carboxylic acids is 2. The van der Waals surface area contributed by atoms with E-state index in [9.17, 15) is 28.2 Å². The van der Waals surface area contributed by atoms with Gasteiger partial charge in [-0.1, -0.05) is 57.4 Å². The third-order valence-electron chi connectivity index (χ3n) is 7.23. The molecule has 1 aliphatic heterocycles. The maximum absolute atomic E-state index is 14.3. The Morgan fingerprint density at radius 2 is 1.68 bits per heavy atom. The molecule has 8 nitrogen and oxygen atoms in total. The number of amides is 1. The van der Waals surface area contributed by atoms with Gasteiger partial charge in [0.2, 0.25) is 5.91 Å². The van der Waals surface area contributed by atoms with Crippen molar-refractivity contribution in [3.63, 3.8) is 0 Å². The Balaban J connectivity index is 0.00000280. The van der Waals surface area contributed by atoms with E-state index in [1.165, 1.54) is 24.3 Å². The van der Waals surface area contributed by atoms with E-state index in [0.717, 1.165) is 18.9 Å². The first-order chi connectivity index (χ1) is 18.0. The smallest absolute Gasteiger partial charge is 0.871 e. The van der Waals surface area contributed by atoms with Gasteiger partial charge in [0, 0.05) is 11.3 Å². The molecule has 1 amide bonds. The topological polar surface area (TPSA) is 154 Å². The fourth-order valence-electron chi connectivity index (χ4n) is 5.25. The Kier molecular flexibility index (Phi) is 15.3. The summed E-state index contributed by atoms with van der Waals surface area (Å²) >= 11 is 0. The van der Waals surface area contributed by atoms with Gasteiger partial charge in [0.1, 0.15) is 5.82 Å². The van der Waals surface area contributed by atoms with Crippen LogP contribution in [0, 0.1) is 5.82 Å². The first-order valence-corrected chi connectivity index (χ1v) is 14.3. The summed E-state index contributed by atoms with van der Waals surface area (Å²) in [6.07, 6.45) is 4.19. The predicted molar refractivity (Wildman–Crippen MR) is 141 cm³/mol. The zero-order valence-corrected chi connectivity index (χ0v) is 31.3. The van der Waals surface area contributed by atoms with Gasteiger partial charge in [0.25, 0.3) is 0 Å². The number of nitrogens with one attached hydrogen (secondary N) is 1. The van der Waals surface area contributed by atoms with Crippen LogP contribution in [0.2, 0.25) is 0 Å². The first kappa shape index (κ1) is 38.8. The number of nitrogens with two attached hydrogens (primary N) is 1. The van der Waals surface area contributed by atoms with E-state index in [2.05, 4.69) is 9.71 Å². The van der Waals surface area contributed by atoms with Crippen LogP contribution >= 0.6 is 10.8 Å². The number of hydrogen-bond acceptors (Lipinski definition) is 7. The molecule has 0 saturated carbocycles. The van der Waals surface area contributed by atoms with Gasteiger partial charge < -0.3 is 36.0 Å². The predicted octanol–water partition coefficient (Wildman–Crippen LogP) is -4.61. The summed E-state index contributed by atoms with van der Waals surface area (Å²) in [6.45, 7) is 3.99. The van der Waals surface area contributed by atoms with Gasteiger partial charge in [-0.15, -0.1) is 0 Å². The standard InChI is InChI=1S/C28H34FN3O5S.3Na/c1-3-5-13-28(14-6-4-2)20-10-9-18(29)16-19(20)25(34)24(26(28)35)27-31-21-11-7-17(8-12-23(30)33)15-22(21)38(36,37)32-27;;;/h7,9-11,15-16,34,36-37H,3-6,8,12-14H2,1-2H3,(H2,30,33)(H,31,32);;;/q;3*+1/p-3. The van der Waals surface area contributed by atoms with Gasteiger partial charge in [-0.25, -0.2) is 8.79 Å². The van der Waals surface area contributed by atoms with E-state index in [-0.39, 0.29) is 129 Å². The summed E-state index contributed by atoms with van der Waals surface area (Å²) in [5.74, 6) is -2.74. The van der Waals surface area contributed by atoms with Crippen LogP contribution in [0.3, 0.4) is 0 Å². The van der Waals surface area contributed by atoms with Gasteiger partial charge in [-0.05, 0) is 60.2 Å². The van der Waals surface area contributed by atoms with Crippen molar-refractivity contribution >= 4 is 39.7 Å². The molecule has 0 atom stereocenters. The molecule has 41 heavy (non-hydrogen) atoms. The molecule has 0 fully saturated rings. The van der Waals surface area contributed by atoms with E-state index in [1.54, 1.807) is 6.07 Å². The molecule has 204 valence electrons. The van der Waals surface area contributed by atoms with Crippen LogP contribution in [-0.2, 0) is 21.4 Å². The van der Waals surface area contributed by atoms with E-state index in [4.69, 9.17) is 5.73 Å². The van der Waals surface area contributed by atoms with Crippen LogP contribution in [0.1, 0.15) is 75.5 Å². The van der Waals surface area contributed by atoms with E-state index in [1.807, 2.05) is 13.8 Å². The number of nitrogens with zero attached hydrogens (tertiary/aromatic N) is 1. The molecule has 0 radical (unpaired) electrons. The number of Topliss-reactive ketones (excluding diaryl/α,β-unsaturated/α-hetero) is 1. The molecule has 0 unspecified atom stereocenters. The molecule has 0 bridgehead atoms. The SMILES string of the molecule is CCCCC1(CCCC)C(=O)C(C2=NS([O-])([O-])c3cc(CCC(N)=O)ccc3N2)=C([O-])c2cc(F)ccc21.[Na+].[Na+].[Na+]. The second-order valence-electron chi connectivity index (χ2n) is 9.85. The van der Waals surface area contributed by atoms with Crippen LogP contribution in [0.25, 0.3) is 5.76 Å². The summed E-state index contributed by atoms with van der Waals surface area (Å²) in [5.41, 5.74) is 5.01. The van der Waals surface area contributed by atoms with Gasteiger partial charge in [0.05, 0.1) is 16.7 Å². The summed E-state index contributed by atoms with van der Waals surface area (Å²) in [6, 6.07) is 8.43. The van der Waals surface area contributed by atoms with Gasteiger partial charge >= 0.3 is 88.7 Å². The number of anilines is 1.